The van der Waals surface area contributed by atoms with Gasteiger partial charge in [-0.3, -0.25) is 0 Å². The number of aliphatic hydroxyl groups is 2. The predicted molar refractivity (Wildman–Crippen MR) is 60.4 cm³/mol. The zero-order chi connectivity index (χ0) is 13.7. The van der Waals surface area contributed by atoms with E-state index in [9.17, 15) is 19.8 Å². The first-order chi connectivity index (χ1) is 9.00. The summed E-state index contributed by atoms with van der Waals surface area (Å²) in [6, 6.07) is 0. The third kappa shape index (κ3) is 1.69. The van der Waals surface area contributed by atoms with Crippen molar-refractivity contribution in [1.29, 1.82) is 0 Å². The van der Waals surface area contributed by atoms with Gasteiger partial charge in [-0.05, 0) is 19.3 Å². The van der Waals surface area contributed by atoms with Gasteiger partial charge in [0.25, 0.3) is 0 Å². The van der Waals surface area contributed by atoms with E-state index in [-0.39, 0.29) is 0 Å². The highest BCUT2D eigenvalue weighted by Gasteiger charge is 2.64. The Morgan fingerprint density at radius 2 is 1.53 bits per heavy atom. The lowest BCUT2D eigenvalue weighted by molar-refractivity contribution is -0.269. The summed E-state index contributed by atoms with van der Waals surface area (Å²) in [5, 5.41) is 22.0. The molecule has 106 valence electrons. The van der Waals surface area contributed by atoms with Crippen molar-refractivity contribution < 1.29 is 29.3 Å². The highest BCUT2D eigenvalue weighted by atomic mass is 16.8. The molecule has 0 aromatic heterocycles. The van der Waals surface area contributed by atoms with Crippen LogP contribution in [-0.2, 0) is 19.1 Å². The molecule has 2 aliphatic heterocycles. The lowest BCUT2D eigenvalue weighted by atomic mass is 9.81. The van der Waals surface area contributed by atoms with Crippen molar-refractivity contribution in [2.45, 2.75) is 50.2 Å². The molecular weight excluding hydrogens is 254 g/mol. The van der Waals surface area contributed by atoms with E-state index in [0.717, 1.165) is 32.1 Å². The maximum atomic E-state index is 11.8. The van der Waals surface area contributed by atoms with Gasteiger partial charge in [0, 0.05) is 6.54 Å². The molecule has 3 fully saturated rings. The van der Waals surface area contributed by atoms with E-state index in [4.69, 9.17) is 9.47 Å². The van der Waals surface area contributed by atoms with Gasteiger partial charge in [0.2, 0.25) is 0 Å². The first kappa shape index (κ1) is 12.8. The Morgan fingerprint density at radius 1 is 1.00 bits per heavy atom. The average Bonchev–Trinajstić information content (AvgIpc) is 2.96. The van der Waals surface area contributed by atoms with Crippen molar-refractivity contribution in [3.05, 3.63) is 0 Å². The third-order valence-electron chi connectivity index (χ3n) is 4.49. The smallest absolute Gasteiger partial charge is 0.342 e. The Balaban J connectivity index is 1.98. The molecule has 1 aliphatic carbocycles. The van der Waals surface area contributed by atoms with Crippen molar-refractivity contribution in [2.24, 2.45) is 5.41 Å². The van der Waals surface area contributed by atoms with Crippen molar-refractivity contribution in [1.82, 2.24) is 5.32 Å². The molecule has 2 unspecified atom stereocenters. The maximum absolute atomic E-state index is 11.8. The van der Waals surface area contributed by atoms with Crippen LogP contribution >= 0.6 is 0 Å². The number of nitrogens with one attached hydrogen (secondary N) is 1. The molecule has 0 aromatic carbocycles. The minimum absolute atomic E-state index is 0.442. The molecule has 2 heterocycles. The van der Waals surface area contributed by atoms with E-state index in [1.165, 1.54) is 0 Å². The minimum atomic E-state index is -1.90. The molecule has 2 atom stereocenters. The van der Waals surface area contributed by atoms with Crippen LogP contribution in [0.4, 0.5) is 0 Å². The topological polar surface area (TPSA) is 105 Å². The molecule has 19 heavy (non-hydrogen) atoms. The number of ether oxygens (including phenoxy) is 2. The normalized spacial score (nSPS) is 41.4. The van der Waals surface area contributed by atoms with Crippen LogP contribution in [0.5, 0.6) is 0 Å². The second-order valence-electron chi connectivity index (χ2n) is 5.51. The molecule has 0 amide bonds. The fraction of sp³-hybridized carbons (Fsp3) is 0.833. The monoisotopic (exact) mass is 271 g/mol. The summed E-state index contributed by atoms with van der Waals surface area (Å²) < 4.78 is 10.5. The van der Waals surface area contributed by atoms with Crippen LogP contribution in [-0.4, -0.2) is 46.8 Å². The number of aliphatic hydroxyl groups excluding tert-OH is 2. The molecule has 0 radical (unpaired) electrons. The number of hydrogen-bond donors (Lipinski definition) is 3. The SMILES string of the molecule is O=C1OC2(NCCC23CCCC3)OC(=O)C(O)C1O. The van der Waals surface area contributed by atoms with E-state index in [2.05, 4.69) is 5.32 Å². The zero-order valence-corrected chi connectivity index (χ0v) is 10.4. The Kier molecular flexibility index (Phi) is 2.81. The third-order valence-corrected chi connectivity index (χ3v) is 4.49. The summed E-state index contributed by atoms with van der Waals surface area (Å²) in [6.07, 6.45) is 0.465. The highest BCUT2D eigenvalue weighted by molar-refractivity contribution is 5.87. The Bertz CT molecular complexity index is 389. The highest BCUT2D eigenvalue weighted by Crippen LogP contribution is 2.53. The first-order valence-corrected chi connectivity index (χ1v) is 6.57. The lowest BCUT2D eigenvalue weighted by Crippen LogP contribution is -2.56. The van der Waals surface area contributed by atoms with Gasteiger partial charge in [0.1, 0.15) is 0 Å². The van der Waals surface area contributed by atoms with Crippen LogP contribution < -0.4 is 5.32 Å². The van der Waals surface area contributed by atoms with Crippen molar-refractivity contribution in [3.8, 4) is 0 Å². The average molecular weight is 271 g/mol. The van der Waals surface area contributed by atoms with E-state index in [1.807, 2.05) is 0 Å². The Labute approximate surface area is 109 Å². The van der Waals surface area contributed by atoms with Gasteiger partial charge in [-0.1, -0.05) is 12.8 Å². The van der Waals surface area contributed by atoms with Crippen molar-refractivity contribution in [2.75, 3.05) is 6.54 Å². The van der Waals surface area contributed by atoms with Gasteiger partial charge in [-0.25, -0.2) is 14.9 Å². The number of rotatable bonds is 0. The number of carbonyl (C=O) groups is 2. The van der Waals surface area contributed by atoms with Crippen molar-refractivity contribution >= 4 is 11.9 Å². The standard InChI is InChI=1S/C12H17NO6/c14-7-8(15)10(17)19-12(18-9(7)16)11(5-6-13-12)3-1-2-4-11/h7-8,13-15H,1-6H2. The van der Waals surface area contributed by atoms with E-state index < -0.39 is 35.5 Å². The molecular formula is C12H17NO6. The van der Waals surface area contributed by atoms with Gasteiger partial charge < -0.3 is 19.7 Å². The van der Waals surface area contributed by atoms with Crippen LogP contribution in [0.2, 0.25) is 0 Å². The maximum Gasteiger partial charge on any atom is 0.342 e. The van der Waals surface area contributed by atoms with Crippen LogP contribution in [0.25, 0.3) is 0 Å². The van der Waals surface area contributed by atoms with Gasteiger partial charge in [0.15, 0.2) is 12.2 Å². The summed E-state index contributed by atoms with van der Waals surface area (Å²) in [4.78, 5) is 23.5. The quantitative estimate of drug-likeness (QED) is 0.486. The molecule has 3 rings (SSSR count). The molecule has 3 N–H and O–H groups in total. The molecule has 0 bridgehead atoms. The second-order valence-corrected chi connectivity index (χ2v) is 5.51. The Morgan fingerprint density at radius 3 is 2.05 bits per heavy atom. The molecule has 7 nitrogen and oxygen atoms in total. The van der Waals surface area contributed by atoms with Gasteiger partial charge in [-0.15, -0.1) is 0 Å². The molecule has 7 heteroatoms. The van der Waals surface area contributed by atoms with E-state index in [1.54, 1.807) is 0 Å². The van der Waals surface area contributed by atoms with Crippen LogP contribution in [0, 0.1) is 5.41 Å². The van der Waals surface area contributed by atoms with Gasteiger partial charge in [-0.2, -0.15) is 0 Å². The van der Waals surface area contributed by atoms with Gasteiger partial charge in [0.05, 0.1) is 5.41 Å². The van der Waals surface area contributed by atoms with E-state index >= 15 is 0 Å². The lowest BCUT2D eigenvalue weighted by Gasteiger charge is -2.39. The second kappa shape index (κ2) is 4.16. The fourth-order valence-corrected chi connectivity index (χ4v) is 3.42. The molecule has 0 aromatic rings. The Hall–Kier alpha value is -1.18. The molecule has 3 aliphatic rings. The van der Waals surface area contributed by atoms with E-state index in [0.29, 0.717) is 6.54 Å². The summed E-state index contributed by atoms with van der Waals surface area (Å²) in [6.45, 7) is 0.562. The summed E-state index contributed by atoms with van der Waals surface area (Å²) in [7, 11) is 0. The largest absolute Gasteiger partial charge is 0.406 e. The summed E-state index contributed by atoms with van der Waals surface area (Å²) in [5.74, 6) is -3.59. The zero-order valence-electron chi connectivity index (χ0n) is 10.4. The summed E-state index contributed by atoms with van der Waals surface area (Å²) >= 11 is 0. The van der Waals surface area contributed by atoms with Crippen molar-refractivity contribution in [3.63, 3.8) is 0 Å². The van der Waals surface area contributed by atoms with Crippen LogP contribution in [0.3, 0.4) is 0 Å². The molecule has 1 saturated carbocycles. The number of hydrogen-bond acceptors (Lipinski definition) is 7. The number of fused-ring (bicyclic) bond motifs is 1. The fourth-order valence-electron chi connectivity index (χ4n) is 3.42. The molecule has 2 spiro atoms. The first-order valence-electron chi connectivity index (χ1n) is 6.57. The molecule has 2 saturated heterocycles. The number of esters is 2. The minimum Gasteiger partial charge on any atom is -0.406 e. The number of carbonyl (C=O) groups excluding carboxylic acids is 2. The van der Waals surface area contributed by atoms with Gasteiger partial charge >= 0.3 is 17.8 Å². The van der Waals surface area contributed by atoms with Crippen LogP contribution in [0.1, 0.15) is 32.1 Å². The predicted octanol–water partition coefficient (Wildman–Crippen LogP) is -0.984. The van der Waals surface area contributed by atoms with Crippen LogP contribution in [0.15, 0.2) is 0 Å². The summed E-state index contributed by atoms with van der Waals surface area (Å²) in [5.41, 5.74) is -0.442.